The molecule has 0 aliphatic rings. The molecule has 0 aliphatic heterocycles. The molecule has 2 aromatic rings. The average molecular weight is 364 g/mol. The van der Waals surface area contributed by atoms with Gasteiger partial charge < -0.3 is 9.64 Å². The van der Waals surface area contributed by atoms with Crippen molar-refractivity contribution in [2.75, 3.05) is 20.4 Å². The SMILES string of the molecule is COc1ccc(CN(C)C(=O)c2ccc(SC)c([N+](=O)[O-])c2)cc1F. The standard InChI is InChI=1S/C17H17FN2O4S/c1-19(10-11-4-6-15(24-2)13(18)8-11)17(21)12-5-7-16(25-3)14(9-12)20(22)23/h4-9H,10H2,1-3H3. The average Bonchev–Trinajstić information content (AvgIpc) is 2.60. The Morgan fingerprint density at radius 1 is 1.32 bits per heavy atom. The molecule has 0 N–H and O–H groups in total. The van der Waals surface area contributed by atoms with Crippen LogP contribution in [0, 0.1) is 15.9 Å². The lowest BCUT2D eigenvalue weighted by Gasteiger charge is -2.18. The van der Waals surface area contributed by atoms with Crippen molar-refractivity contribution in [3.8, 4) is 5.75 Å². The van der Waals surface area contributed by atoms with Crippen LogP contribution in [0.3, 0.4) is 0 Å². The maximum Gasteiger partial charge on any atom is 0.283 e. The first kappa shape index (κ1) is 18.7. The van der Waals surface area contributed by atoms with Crippen LogP contribution in [0.5, 0.6) is 5.75 Å². The van der Waals surface area contributed by atoms with Crippen LogP contribution in [0.25, 0.3) is 0 Å². The Hall–Kier alpha value is -2.61. The molecule has 2 aromatic carbocycles. The number of nitro groups is 1. The molecule has 0 radical (unpaired) electrons. The Morgan fingerprint density at radius 3 is 2.60 bits per heavy atom. The number of nitrogens with zero attached hydrogens (tertiary/aromatic N) is 2. The molecule has 0 atom stereocenters. The summed E-state index contributed by atoms with van der Waals surface area (Å²) in [5, 5.41) is 11.1. The van der Waals surface area contributed by atoms with Crippen molar-refractivity contribution < 1.29 is 18.8 Å². The molecule has 0 fully saturated rings. The van der Waals surface area contributed by atoms with E-state index in [1.807, 2.05) is 0 Å². The van der Waals surface area contributed by atoms with Gasteiger partial charge in [0.2, 0.25) is 0 Å². The molecule has 0 saturated heterocycles. The lowest BCUT2D eigenvalue weighted by atomic mass is 10.1. The number of carbonyl (C=O) groups is 1. The van der Waals surface area contributed by atoms with Crippen molar-refractivity contribution in [2.24, 2.45) is 0 Å². The van der Waals surface area contributed by atoms with Crippen LogP contribution in [-0.2, 0) is 6.54 Å². The van der Waals surface area contributed by atoms with Gasteiger partial charge in [0, 0.05) is 25.2 Å². The Kier molecular flexibility index (Phi) is 5.97. The van der Waals surface area contributed by atoms with E-state index in [2.05, 4.69) is 0 Å². The number of ether oxygens (including phenoxy) is 1. The fourth-order valence-corrected chi connectivity index (χ4v) is 2.89. The van der Waals surface area contributed by atoms with Gasteiger partial charge in [-0.3, -0.25) is 14.9 Å². The molecule has 1 amide bonds. The van der Waals surface area contributed by atoms with E-state index in [0.717, 1.165) is 0 Å². The van der Waals surface area contributed by atoms with E-state index in [9.17, 15) is 19.3 Å². The highest BCUT2D eigenvalue weighted by Crippen LogP contribution is 2.29. The maximum absolute atomic E-state index is 13.7. The van der Waals surface area contributed by atoms with E-state index < -0.39 is 10.7 Å². The van der Waals surface area contributed by atoms with E-state index in [1.54, 1.807) is 31.5 Å². The molecular weight excluding hydrogens is 347 g/mol. The second-order valence-electron chi connectivity index (χ2n) is 5.27. The summed E-state index contributed by atoms with van der Waals surface area (Å²) in [5.41, 5.74) is 0.688. The molecule has 8 heteroatoms. The number of amides is 1. The van der Waals surface area contributed by atoms with Crippen molar-refractivity contribution in [3.05, 3.63) is 63.5 Å². The Morgan fingerprint density at radius 2 is 2.04 bits per heavy atom. The van der Waals surface area contributed by atoms with Gasteiger partial charge in [0.1, 0.15) is 0 Å². The largest absolute Gasteiger partial charge is 0.494 e. The van der Waals surface area contributed by atoms with Gasteiger partial charge in [-0.2, -0.15) is 0 Å². The zero-order valence-electron chi connectivity index (χ0n) is 14.0. The summed E-state index contributed by atoms with van der Waals surface area (Å²) in [7, 11) is 2.93. The summed E-state index contributed by atoms with van der Waals surface area (Å²) in [6.45, 7) is 0.165. The van der Waals surface area contributed by atoms with Crippen LogP contribution < -0.4 is 4.74 Å². The molecule has 25 heavy (non-hydrogen) atoms. The number of halogens is 1. The van der Waals surface area contributed by atoms with Crippen LogP contribution >= 0.6 is 11.8 Å². The molecule has 0 bridgehead atoms. The van der Waals surface area contributed by atoms with E-state index in [0.29, 0.717) is 10.5 Å². The number of methoxy groups -OCH3 is 1. The quantitative estimate of drug-likeness (QED) is 0.444. The minimum absolute atomic E-state index is 0.109. The molecule has 0 spiro atoms. The van der Waals surface area contributed by atoms with E-state index in [1.165, 1.54) is 42.0 Å². The van der Waals surface area contributed by atoms with Gasteiger partial charge >= 0.3 is 0 Å². The predicted octanol–water partition coefficient (Wildman–Crippen LogP) is 3.74. The summed E-state index contributed by atoms with van der Waals surface area (Å²) in [6.07, 6.45) is 1.73. The van der Waals surface area contributed by atoms with Gasteiger partial charge in [-0.15, -0.1) is 11.8 Å². The predicted molar refractivity (Wildman–Crippen MR) is 93.6 cm³/mol. The Balaban J connectivity index is 2.21. The molecule has 0 saturated carbocycles. The zero-order valence-corrected chi connectivity index (χ0v) is 14.8. The second-order valence-corrected chi connectivity index (χ2v) is 6.12. The van der Waals surface area contributed by atoms with Crippen molar-refractivity contribution >= 4 is 23.4 Å². The van der Waals surface area contributed by atoms with E-state index >= 15 is 0 Å². The third-order valence-corrected chi connectivity index (χ3v) is 4.39. The summed E-state index contributed by atoms with van der Waals surface area (Å²) in [6, 6.07) is 8.80. The summed E-state index contributed by atoms with van der Waals surface area (Å²) >= 11 is 1.24. The zero-order chi connectivity index (χ0) is 18.6. The number of hydrogen-bond acceptors (Lipinski definition) is 5. The van der Waals surface area contributed by atoms with Crippen molar-refractivity contribution in [3.63, 3.8) is 0 Å². The normalized spacial score (nSPS) is 10.4. The minimum atomic E-state index is -0.513. The van der Waals surface area contributed by atoms with E-state index in [4.69, 9.17) is 4.74 Å². The van der Waals surface area contributed by atoms with Gasteiger partial charge in [-0.1, -0.05) is 6.07 Å². The number of nitro benzene ring substituents is 1. The molecule has 6 nitrogen and oxygen atoms in total. The number of hydrogen-bond donors (Lipinski definition) is 0. The highest BCUT2D eigenvalue weighted by Gasteiger charge is 2.19. The van der Waals surface area contributed by atoms with Crippen LogP contribution in [0.1, 0.15) is 15.9 Å². The highest BCUT2D eigenvalue weighted by atomic mass is 32.2. The van der Waals surface area contributed by atoms with Crippen LogP contribution in [-0.4, -0.2) is 36.1 Å². The molecule has 0 heterocycles. The van der Waals surface area contributed by atoms with Crippen LogP contribution in [0.2, 0.25) is 0 Å². The number of benzene rings is 2. The molecule has 2 rings (SSSR count). The number of thioether (sulfide) groups is 1. The van der Waals surface area contributed by atoms with Crippen molar-refractivity contribution in [1.29, 1.82) is 0 Å². The summed E-state index contributed by atoms with van der Waals surface area (Å²) in [5.74, 6) is -0.770. The van der Waals surface area contributed by atoms with Crippen LogP contribution in [0.4, 0.5) is 10.1 Å². The molecule has 0 unspecified atom stereocenters. The first-order chi connectivity index (χ1) is 11.9. The molecule has 0 aromatic heterocycles. The Labute approximate surface area is 148 Å². The van der Waals surface area contributed by atoms with Gasteiger partial charge in [0.25, 0.3) is 11.6 Å². The van der Waals surface area contributed by atoms with Gasteiger partial charge in [-0.25, -0.2) is 4.39 Å². The molecule has 0 aliphatic carbocycles. The first-order valence-electron chi connectivity index (χ1n) is 7.27. The smallest absolute Gasteiger partial charge is 0.283 e. The monoisotopic (exact) mass is 364 g/mol. The van der Waals surface area contributed by atoms with Gasteiger partial charge in [-0.05, 0) is 36.1 Å². The van der Waals surface area contributed by atoms with E-state index in [-0.39, 0.29) is 29.5 Å². The number of rotatable bonds is 6. The molecule has 132 valence electrons. The maximum atomic E-state index is 13.7. The van der Waals surface area contributed by atoms with Crippen LogP contribution in [0.15, 0.2) is 41.3 Å². The lowest BCUT2D eigenvalue weighted by Crippen LogP contribution is -2.26. The number of carbonyl (C=O) groups excluding carboxylic acids is 1. The Bertz CT molecular complexity index is 813. The minimum Gasteiger partial charge on any atom is -0.494 e. The highest BCUT2D eigenvalue weighted by molar-refractivity contribution is 7.98. The summed E-state index contributed by atoms with van der Waals surface area (Å²) < 4.78 is 18.6. The van der Waals surface area contributed by atoms with Gasteiger partial charge in [0.05, 0.1) is 16.9 Å². The van der Waals surface area contributed by atoms with Crippen molar-refractivity contribution in [1.82, 2.24) is 4.90 Å². The second kappa shape index (κ2) is 7.98. The molecular formula is C17H17FN2O4S. The van der Waals surface area contributed by atoms with Crippen molar-refractivity contribution in [2.45, 2.75) is 11.4 Å². The fraction of sp³-hybridized carbons (Fsp3) is 0.235. The fourth-order valence-electron chi connectivity index (χ4n) is 2.34. The first-order valence-corrected chi connectivity index (χ1v) is 8.50. The van der Waals surface area contributed by atoms with Gasteiger partial charge in [0.15, 0.2) is 11.6 Å². The lowest BCUT2D eigenvalue weighted by molar-refractivity contribution is -0.387. The third kappa shape index (κ3) is 4.27. The summed E-state index contributed by atoms with van der Waals surface area (Å²) in [4.78, 5) is 25.0. The third-order valence-electron chi connectivity index (χ3n) is 3.61. The topological polar surface area (TPSA) is 72.7 Å².